The Bertz CT molecular complexity index is 3030. The molecule has 18 nitrogen and oxygen atoms in total. The maximum absolute atomic E-state index is 14.7. The molecule has 4 aliphatic rings. The van der Waals surface area contributed by atoms with Crippen molar-refractivity contribution in [1.29, 1.82) is 0 Å². The second-order valence-corrected chi connectivity index (χ2v) is 24.3. The van der Waals surface area contributed by atoms with Crippen molar-refractivity contribution in [1.82, 2.24) is 28.9 Å². The van der Waals surface area contributed by atoms with Crippen molar-refractivity contribution in [3.63, 3.8) is 0 Å². The zero-order chi connectivity index (χ0) is 50.5. The lowest BCUT2D eigenvalue weighted by Crippen LogP contribution is -2.60. The standard InChI is InChI=1S/C50H62FN9O9S2/c1-5-70(65,66)58-20-21-59(44(31-58)39-9-7-6-8-38(39)32(2)3)35-25-50(26-35)16-18-57(19-17-50)34-10-11-40(45(22-34)69-36-23-41-42(51)30-55-46(41)53-28-36)48(61)56-71(67,68)37-24-43(60(63)64)47(54-29-37)52-27-33-12-14-49(4,62)15-13-33/h6-11,22-24,28-30,32-33,35,44,62H,5,12-21,25-27,31H2,1-4H3,(H,52,54)(H,53,55)(H,56,61)/t33?,44-,49?/m0/s1. The van der Waals surface area contributed by atoms with Crippen molar-refractivity contribution in [3.8, 4) is 11.5 Å². The van der Waals surface area contributed by atoms with Gasteiger partial charge in [0.2, 0.25) is 15.8 Å². The minimum atomic E-state index is -4.72. The molecule has 380 valence electrons. The van der Waals surface area contributed by atoms with Gasteiger partial charge in [0.25, 0.3) is 15.9 Å². The number of carbonyl (C=O) groups excluding carboxylic acids is 1. The topological polar surface area (TPSA) is 233 Å². The molecular formula is C50H62FN9O9S2. The molecule has 2 aromatic carbocycles. The van der Waals surface area contributed by atoms with Crippen LogP contribution in [0.1, 0.15) is 113 Å². The van der Waals surface area contributed by atoms with E-state index in [-0.39, 0.29) is 63.0 Å². The Hall–Kier alpha value is -5.74. The van der Waals surface area contributed by atoms with Crippen LogP contribution in [-0.4, -0.2) is 114 Å². The second kappa shape index (κ2) is 19.7. The number of anilines is 2. The van der Waals surface area contributed by atoms with Crippen molar-refractivity contribution >= 4 is 54.2 Å². The van der Waals surface area contributed by atoms with Crippen LogP contribution in [0.3, 0.4) is 0 Å². The molecule has 71 heavy (non-hydrogen) atoms. The summed E-state index contributed by atoms with van der Waals surface area (Å²) in [4.78, 5) is 40.6. The van der Waals surface area contributed by atoms with E-state index < -0.39 is 52.9 Å². The van der Waals surface area contributed by atoms with Crippen molar-refractivity contribution in [2.75, 3.05) is 55.2 Å². The Morgan fingerprint density at radius 2 is 1.73 bits per heavy atom. The van der Waals surface area contributed by atoms with Crippen LogP contribution in [-0.2, 0) is 20.0 Å². The van der Waals surface area contributed by atoms with Crippen LogP contribution in [0.25, 0.3) is 11.0 Å². The molecule has 1 amide bonds. The molecule has 5 heterocycles. The lowest BCUT2D eigenvalue weighted by Gasteiger charge is -2.58. The number of piperazine rings is 1. The van der Waals surface area contributed by atoms with E-state index in [2.05, 4.69) is 56.0 Å². The molecule has 2 saturated heterocycles. The minimum absolute atomic E-state index is 0.0267. The molecule has 2 aliphatic heterocycles. The van der Waals surface area contributed by atoms with Gasteiger partial charge in [0, 0.05) is 75.4 Å². The Morgan fingerprint density at radius 3 is 2.44 bits per heavy atom. The number of halogens is 1. The highest BCUT2D eigenvalue weighted by Gasteiger charge is 2.50. The molecule has 0 bridgehead atoms. The number of rotatable bonds is 15. The van der Waals surface area contributed by atoms with Crippen LogP contribution in [0, 0.1) is 27.3 Å². The highest BCUT2D eigenvalue weighted by Crippen LogP contribution is 2.53. The number of ether oxygens (including phenoxy) is 1. The van der Waals surface area contributed by atoms with Gasteiger partial charge in [-0.25, -0.2) is 35.9 Å². The third-order valence-corrected chi connectivity index (χ3v) is 18.5. The number of nitrogens with one attached hydrogen (secondary N) is 3. The lowest BCUT2D eigenvalue weighted by molar-refractivity contribution is -0.384. The maximum atomic E-state index is 14.7. The van der Waals surface area contributed by atoms with Crippen LogP contribution in [0.15, 0.2) is 78.1 Å². The highest BCUT2D eigenvalue weighted by atomic mass is 32.2. The Morgan fingerprint density at radius 1 is 1.00 bits per heavy atom. The van der Waals surface area contributed by atoms with E-state index in [1.165, 1.54) is 29.5 Å². The summed E-state index contributed by atoms with van der Waals surface area (Å²) in [6.07, 6.45) is 9.81. The van der Waals surface area contributed by atoms with E-state index in [0.717, 1.165) is 44.1 Å². The number of H-pyrrole nitrogens is 1. The summed E-state index contributed by atoms with van der Waals surface area (Å²) in [5.41, 5.74) is 2.00. The van der Waals surface area contributed by atoms with E-state index in [1.807, 2.05) is 16.9 Å². The van der Waals surface area contributed by atoms with Gasteiger partial charge in [0.15, 0.2) is 0 Å². The number of pyridine rings is 2. The molecular weight excluding hydrogens is 954 g/mol. The summed E-state index contributed by atoms with van der Waals surface area (Å²) in [5.74, 6) is -1.22. The number of benzene rings is 2. The maximum Gasteiger partial charge on any atom is 0.312 e. The number of aromatic nitrogens is 3. The molecule has 5 aromatic rings. The fraction of sp³-hybridized carbons (Fsp3) is 0.500. The first-order chi connectivity index (χ1) is 33.7. The quantitative estimate of drug-likeness (QED) is 0.0578. The molecule has 0 unspecified atom stereocenters. The van der Waals surface area contributed by atoms with Crippen LogP contribution < -0.4 is 19.7 Å². The number of sulfonamides is 2. The zero-order valence-electron chi connectivity index (χ0n) is 40.4. The summed E-state index contributed by atoms with van der Waals surface area (Å²) in [6, 6.07) is 15.7. The number of hydrogen-bond donors (Lipinski definition) is 4. The second-order valence-electron chi connectivity index (χ2n) is 20.4. The molecule has 2 aliphatic carbocycles. The van der Waals surface area contributed by atoms with Gasteiger partial charge in [0.05, 0.1) is 39.6 Å². The van der Waals surface area contributed by atoms with E-state index in [4.69, 9.17) is 4.74 Å². The molecule has 9 rings (SSSR count). The van der Waals surface area contributed by atoms with Crippen LogP contribution in [0.4, 0.5) is 21.6 Å². The van der Waals surface area contributed by atoms with Gasteiger partial charge >= 0.3 is 5.69 Å². The van der Waals surface area contributed by atoms with Gasteiger partial charge in [-0.3, -0.25) is 19.8 Å². The Kier molecular flexibility index (Phi) is 13.9. The summed E-state index contributed by atoms with van der Waals surface area (Å²) >= 11 is 0. The normalized spacial score (nSPS) is 22.4. The number of fused-ring (bicyclic) bond motifs is 1. The summed E-state index contributed by atoms with van der Waals surface area (Å²) in [5, 5.41) is 25.6. The smallest absolute Gasteiger partial charge is 0.312 e. The molecule has 4 fully saturated rings. The Balaban J connectivity index is 0.912. The van der Waals surface area contributed by atoms with Gasteiger partial charge in [-0.1, -0.05) is 38.1 Å². The van der Waals surface area contributed by atoms with Crippen molar-refractivity contribution in [2.24, 2.45) is 11.3 Å². The largest absolute Gasteiger partial charge is 0.455 e. The fourth-order valence-electron chi connectivity index (χ4n) is 11.0. The number of hydrogen-bond acceptors (Lipinski definition) is 14. The number of nitro groups is 1. The molecule has 21 heteroatoms. The summed E-state index contributed by atoms with van der Waals surface area (Å²) in [7, 11) is -8.09. The third kappa shape index (κ3) is 10.6. The molecule has 1 atom stereocenters. The minimum Gasteiger partial charge on any atom is -0.455 e. The monoisotopic (exact) mass is 1020 g/mol. The average molecular weight is 1020 g/mol. The van der Waals surface area contributed by atoms with Gasteiger partial charge < -0.3 is 25.0 Å². The van der Waals surface area contributed by atoms with Gasteiger partial charge in [0.1, 0.15) is 27.9 Å². The molecule has 3 aromatic heterocycles. The lowest BCUT2D eigenvalue weighted by atomic mass is 9.59. The summed E-state index contributed by atoms with van der Waals surface area (Å²) in [6.45, 7) is 11.1. The third-order valence-electron chi connectivity index (χ3n) is 15.3. The van der Waals surface area contributed by atoms with Crippen molar-refractivity contribution < 1.29 is 40.8 Å². The van der Waals surface area contributed by atoms with Crippen molar-refractivity contribution in [2.45, 2.75) is 108 Å². The van der Waals surface area contributed by atoms with Crippen LogP contribution in [0.5, 0.6) is 11.5 Å². The first kappa shape index (κ1) is 50.2. The number of aromatic amines is 1. The SMILES string of the molecule is CCS(=O)(=O)N1CCN(C2CC3(CCN(c4ccc(C(=O)NS(=O)(=O)c5cnc(NCC6CCC(C)(O)CC6)c([N+](=O)[O-])c5)c(Oc5cnc6[nH]cc(F)c6c5)c4)CC3)C2)[C@H](c2ccccc2C(C)C)C1. The van der Waals surface area contributed by atoms with Gasteiger partial charge in [-0.2, -0.15) is 4.31 Å². The number of carbonyl (C=O) groups is 1. The number of aliphatic hydroxyl groups is 1. The number of nitrogens with zero attached hydrogens (tertiary/aromatic N) is 6. The van der Waals surface area contributed by atoms with E-state index >= 15 is 0 Å². The summed E-state index contributed by atoms with van der Waals surface area (Å²) < 4.78 is 78.4. The first-order valence-electron chi connectivity index (χ1n) is 24.4. The van der Waals surface area contributed by atoms with Gasteiger partial charge in [-0.05, 0) is 112 Å². The zero-order valence-corrected chi connectivity index (χ0v) is 42.1. The molecule has 1 spiro atoms. The van der Waals surface area contributed by atoms with E-state index in [1.54, 1.807) is 30.3 Å². The molecule has 0 radical (unpaired) electrons. The average Bonchev–Trinajstić information content (AvgIpc) is 3.71. The van der Waals surface area contributed by atoms with Crippen LogP contribution in [0.2, 0.25) is 0 Å². The number of piperidine rings is 1. The predicted octanol–water partition coefficient (Wildman–Crippen LogP) is 7.85. The van der Waals surface area contributed by atoms with E-state index in [0.29, 0.717) is 76.7 Å². The molecule has 2 saturated carbocycles. The number of amides is 1. The highest BCUT2D eigenvalue weighted by molar-refractivity contribution is 7.90. The van der Waals surface area contributed by atoms with Crippen molar-refractivity contribution in [3.05, 3.63) is 106 Å². The van der Waals surface area contributed by atoms with Gasteiger partial charge in [-0.15, -0.1) is 0 Å². The first-order valence-corrected chi connectivity index (χ1v) is 27.5. The van der Waals surface area contributed by atoms with E-state index in [9.17, 15) is 41.2 Å². The fourth-order valence-corrected chi connectivity index (χ4v) is 13.1. The van der Waals surface area contributed by atoms with Crippen LogP contribution >= 0.6 is 0 Å². The predicted molar refractivity (Wildman–Crippen MR) is 267 cm³/mol. The Labute approximate surface area is 413 Å². The molecule has 4 N–H and O–H groups in total.